The van der Waals surface area contributed by atoms with E-state index in [2.05, 4.69) is 5.32 Å². The first-order valence-corrected chi connectivity index (χ1v) is 9.72. The summed E-state index contributed by atoms with van der Waals surface area (Å²) in [6.07, 6.45) is 0.181. The van der Waals surface area contributed by atoms with Crippen LogP contribution in [-0.4, -0.2) is 67.6 Å². The molecule has 0 amide bonds. The van der Waals surface area contributed by atoms with Crippen molar-refractivity contribution in [2.75, 3.05) is 51.5 Å². The fourth-order valence-electron chi connectivity index (χ4n) is 2.28. The van der Waals surface area contributed by atoms with Crippen LogP contribution in [0.25, 0.3) is 0 Å². The van der Waals surface area contributed by atoms with E-state index in [9.17, 15) is 25.0 Å². The van der Waals surface area contributed by atoms with Crippen LogP contribution in [-0.2, 0) is 23.7 Å². The van der Waals surface area contributed by atoms with E-state index in [0.29, 0.717) is 26.4 Å². The molecule has 174 valence electrons. The van der Waals surface area contributed by atoms with Crippen molar-refractivity contribution in [2.45, 2.75) is 32.8 Å². The number of non-ortho nitro benzene ring substituents is 1. The van der Waals surface area contributed by atoms with E-state index in [-0.39, 0.29) is 49.2 Å². The van der Waals surface area contributed by atoms with Gasteiger partial charge in [0.05, 0.1) is 62.0 Å². The van der Waals surface area contributed by atoms with Gasteiger partial charge in [0.1, 0.15) is 11.3 Å². The number of ether oxygens (including phenoxy) is 4. The molecule has 0 spiro atoms. The molecule has 0 aliphatic rings. The summed E-state index contributed by atoms with van der Waals surface area (Å²) < 4.78 is 21.1. The molecule has 0 atom stereocenters. The van der Waals surface area contributed by atoms with Gasteiger partial charge in [-0.15, -0.1) is 0 Å². The van der Waals surface area contributed by atoms with Gasteiger partial charge in [0.25, 0.3) is 11.4 Å². The Hall–Kier alpha value is -2.83. The number of esters is 1. The Labute approximate surface area is 180 Å². The van der Waals surface area contributed by atoms with E-state index in [1.54, 1.807) is 20.8 Å². The summed E-state index contributed by atoms with van der Waals surface area (Å²) in [6.45, 7) is 7.57. The van der Waals surface area contributed by atoms with E-state index >= 15 is 0 Å². The molecule has 0 saturated heterocycles. The molecule has 0 heterocycles. The summed E-state index contributed by atoms with van der Waals surface area (Å²) in [5.41, 5.74) is -1.05. The summed E-state index contributed by atoms with van der Waals surface area (Å²) in [7, 11) is 0. The van der Waals surface area contributed by atoms with Crippen LogP contribution in [0.4, 0.5) is 17.1 Å². The third-order valence-electron chi connectivity index (χ3n) is 3.57. The summed E-state index contributed by atoms with van der Waals surface area (Å²) >= 11 is 0. The van der Waals surface area contributed by atoms with Gasteiger partial charge >= 0.3 is 5.97 Å². The van der Waals surface area contributed by atoms with Crippen LogP contribution in [0.2, 0.25) is 0 Å². The second-order valence-corrected chi connectivity index (χ2v) is 7.32. The maximum atomic E-state index is 11.5. The quantitative estimate of drug-likeness (QED) is 0.185. The number of carbonyl (C=O) groups excluding carboxylic acids is 1. The molecule has 1 rings (SSSR count). The molecule has 0 fully saturated rings. The average Bonchev–Trinajstić information content (AvgIpc) is 2.67. The minimum atomic E-state index is -0.689. The molecule has 0 aromatic heterocycles. The molecule has 0 radical (unpaired) electrons. The number of hydrogen-bond acceptors (Lipinski definition) is 10. The Morgan fingerprint density at radius 2 is 1.52 bits per heavy atom. The Morgan fingerprint density at radius 1 is 0.935 bits per heavy atom. The smallest absolute Gasteiger partial charge is 0.308 e. The van der Waals surface area contributed by atoms with Gasteiger partial charge in [-0.05, 0) is 26.8 Å². The lowest BCUT2D eigenvalue weighted by Gasteiger charge is -2.19. The van der Waals surface area contributed by atoms with Crippen molar-refractivity contribution in [3.05, 3.63) is 38.4 Å². The number of nitrogens with zero attached hydrogens (tertiary/aromatic N) is 2. The van der Waals surface area contributed by atoms with Gasteiger partial charge < -0.3 is 24.3 Å². The first kappa shape index (κ1) is 26.2. The Kier molecular flexibility index (Phi) is 11.4. The summed E-state index contributed by atoms with van der Waals surface area (Å²) in [4.78, 5) is 31.9. The van der Waals surface area contributed by atoms with E-state index in [0.717, 1.165) is 6.07 Å². The third kappa shape index (κ3) is 11.8. The zero-order valence-corrected chi connectivity index (χ0v) is 18.0. The summed E-state index contributed by atoms with van der Waals surface area (Å²) in [6, 6.07) is 3.40. The SMILES string of the molecule is CC(C)(C)OC(=O)CCOCCOCCOCCNc1ccc([N+](=O)[O-])cc1[N+](=O)[O-]. The van der Waals surface area contributed by atoms with Crippen LogP contribution >= 0.6 is 0 Å². The van der Waals surface area contributed by atoms with Crippen molar-refractivity contribution >= 4 is 23.0 Å². The highest BCUT2D eigenvalue weighted by Crippen LogP contribution is 2.28. The molecule has 31 heavy (non-hydrogen) atoms. The van der Waals surface area contributed by atoms with Crippen molar-refractivity contribution in [2.24, 2.45) is 0 Å². The fourth-order valence-corrected chi connectivity index (χ4v) is 2.28. The Bertz CT molecular complexity index is 735. The Balaban J connectivity index is 2.07. The topological polar surface area (TPSA) is 152 Å². The van der Waals surface area contributed by atoms with Crippen molar-refractivity contribution in [3.63, 3.8) is 0 Å². The number of hydrogen-bond donors (Lipinski definition) is 1. The van der Waals surface area contributed by atoms with Gasteiger partial charge in [0.2, 0.25) is 0 Å². The molecule has 1 aromatic rings. The number of nitro benzene ring substituents is 2. The molecule has 0 bridgehead atoms. The van der Waals surface area contributed by atoms with E-state index in [4.69, 9.17) is 18.9 Å². The predicted octanol–water partition coefficient (Wildman–Crippen LogP) is 2.70. The van der Waals surface area contributed by atoms with Crippen LogP contribution in [0.15, 0.2) is 18.2 Å². The molecular formula is C19H29N3O9. The van der Waals surface area contributed by atoms with Gasteiger partial charge in [-0.1, -0.05) is 0 Å². The van der Waals surface area contributed by atoms with Crippen molar-refractivity contribution in [3.8, 4) is 0 Å². The zero-order chi connectivity index (χ0) is 23.3. The number of anilines is 1. The second-order valence-electron chi connectivity index (χ2n) is 7.32. The lowest BCUT2D eigenvalue weighted by Crippen LogP contribution is -2.24. The molecule has 12 heteroatoms. The predicted molar refractivity (Wildman–Crippen MR) is 111 cm³/mol. The molecule has 12 nitrogen and oxygen atoms in total. The van der Waals surface area contributed by atoms with Crippen LogP contribution in [0, 0.1) is 20.2 Å². The van der Waals surface area contributed by atoms with Crippen LogP contribution in [0.1, 0.15) is 27.2 Å². The normalized spacial score (nSPS) is 11.2. The Morgan fingerprint density at radius 3 is 2.06 bits per heavy atom. The van der Waals surface area contributed by atoms with Crippen molar-refractivity contribution in [1.82, 2.24) is 0 Å². The molecule has 1 N–H and O–H groups in total. The van der Waals surface area contributed by atoms with Gasteiger partial charge in [-0.3, -0.25) is 25.0 Å². The minimum absolute atomic E-state index is 0.180. The number of carbonyl (C=O) groups is 1. The molecule has 0 aliphatic carbocycles. The fraction of sp³-hybridized carbons (Fsp3) is 0.632. The standard InChI is InChI=1S/C19H29N3O9/c1-19(2,3)31-18(23)6-8-28-10-12-30-13-11-29-9-7-20-16-5-4-15(21(24)25)14-17(16)22(26)27/h4-5,14,20H,6-13H2,1-3H3. The number of nitrogens with one attached hydrogen (secondary N) is 1. The van der Waals surface area contributed by atoms with Gasteiger partial charge in [-0.2, -0.15) is 0 Å². The monoisotopic (exact) mass is 443 g/mol. The first-order chi connectivity index (χ1) is 14.6. The van der Waals surface area contributed by atoms with E-state index < -0.39 is 15.4 Å². The van der Waals surface area contributed by atoms with Crippen molar-refractivity contribution in [1.29, 1.82) is 0 Å². The van der Waals surface area contributed by atoms with Crippen LogP contribution in [0.3, 0.4) is 0 Å². The second kappa shape index (κ2) is 13.5. The van der Waals surface area contributed by atoms with E-state index in [1.165, 1.54) is 12.1 Å². The zero-order valence-electron chi connectivity index (χ0n) is 18.0. The maximum absolute atomic E-state index is 11.5. The lowest BCUT2D eigenvalue weighted by atomic mass is 10.2. The summed E-state index contributed by atoms with van der Waals surface area (Å²) in [5, 5.41) is 24.6. The maximum Gasteiger partial charge on any atom is 0.308 e. The third-order valence-corrected chi connectivity index (χ3v) is 3.57. The van der Waals surface area contributed by atoms with Crippen LogP contribution in [0.5, 0.6) is 0 Å². The van der Waals surface area contributed by atoms with Gasteiger partial charge in [0, 0.05) is 12.6 Å². The largest absolute Gasteiger partial charge is 0.460 e. The highest BCUT2D eigenvalue weighted by Gasteiger charge is 2.19. The highest BCUT2D eigenvalue weighted by atomic mass is 16.6. The highest BCUT2D eigenvalue weighted by molar-refractivity contribution is 5.69. The van der Waals surface area contributed by atoms with Gasteiger partial charge in [0.15, 0.2) is 0 Å². The number of nitro groups is 2. The molecule has 0 saturated carbocycles. The molecule has 0 aliphatic heterocycles. The van der Waals surface area contributed by atoms with Crippen molar-refractivity contribution < 1.29 is 33.6 Å². The average molecular weight is 443 g/mol. The molecule has 0 unspecified atom stereocenters. The lowest BCUT2D eigenvalue weighted by molar-refractivity contribution is -0.393. The number of benzene rings is 1. The van der Waals surface area contributed by atoms with Gasteiger partial charge in [-0.25, -0.2) is 0 Å². The van der Waals surface area contributed by atoms with E-state index in [1.807, 2.05) is 0 Å². The van der Waals surface area contributed by atoms with Crippen LogP contribution < -0.4 is 5.32 Å². The minimum Gasteiger partial charge on any atom is -0.460 e. The number of rotatable bonds is 15. The molecular weight excluding hydrogens is 414 g/mol. The first-order valence-electron chi connectivity index (χ1n) is 9.72. The summed E-state index contributed by atoms with van der Waals surface area (Å²) in [5.74, 6) is -0.311. The molecule has 1 aromatic carbocycles.